The number of carbonyl (C=O) groups excluding carboxylic acids is 1. The molecule has 3 nitrogen and oxygen atoms in total. The minimum absolute atomic E-state index is 0.313. The molecule has 92 valence electrons. The van der Waals surface area contributed by atoms with Crippen LogP contribution in [0, 0.1) is 13.8 Å². The van der Waals surface area contributed by atoms with Gasteiger partial charge in [-0.2, -0.15) is 0 Å². The number of hydrogen-bond acceptors (Lipinski definition) is 3. The van der Waals surface area contributed by atoms with E-state index in [-0.39, 0.29) is 5.97 Å². The van der Waals surface area contributed by atoms with E-state index in [9.17, 15) is 9.90 Å². The molecule has 0 amide bonds. The summed E-state index contributed by atoms with van der Waals surface area (Å²) in [6.45, 7) is 3.91. The van der Waals surface area contributed by atoms with Crippen molar-refractivity contribution in [3.63, 3.8) is 0 Å². The van der Waals surface area contributed by atoms with E-state index in [1.54, 1.807) is 0 Å². The number of hydrogen-bond donors (Lipinski definition) is 1. The van der Waals surface area contributed by atoms with E-state index in [0.29, 0.717) is 12.0 Å². The van der Waals surface area contributed by atoms with Crippen LogP contribution in [0.15, 0.2) is 12.1 Å². The Hall–Kier alpha value is -1.35. The summed E-state index contributed by atoms with van der Waals surface area (Å²) in [6, 6.07) is 3.83. The van der Waals surface area contributed by atoms with Crippen LogP contribution < -0.4 is 0 Å². The van der Waals surface area contributed by atoms with E-state index < -0.39 is 5.60 Å². The van der Waals surface area contributed by atoms with Crippen LogP contribution in [0.4, 0.5) is 0 Å². The van der Waals surface area contributed by atoms with Gasteiger partial charge in [0.1, 0.15) is 0 Å². The van der Waals surface area contributed by atoms with Crippen LogP contribution in [0.1, 0.15) is 39.9 Å². The summed E-state index contributed by atoms with van der Waals surface area (Å²) in [5.41, 5.74) is 3.14. The molecule has 0 aliphatic heterocycles. The number of ether oxygens (including phenoxy) is 1. The molecule has 0 radical (unpaired) electrons. The quantitative estimate of drug-likeness (QED) is 0.815. The average Bonchev–Trinajstić information content (AvgIpc) is 2.99. The lowest BCUT2D eigenvalue weighted by molar-refractivity contribution is 0.0599. The smallest absolute Gasteiger partial charge is 0.338 e. The maximum absolute atomic E-state index is 11.6. The third-order valence-electron chi connectivity index (χ3n) is 3.43. The first-order valence-corrected chi connectivity index (χ1v) is 5.86. The summed E-state index contributed by atoms with van der Waals surface area (Å²) in [6.07, 6.45) is 2.34. The summed E-state index contributed by atoms with van der Waals surface area (Å²) in [5.74, 6) is -0.313. The van der Waals surface area contributed by atoms with Gasteiger partial charge >= 0.3 is 5.97 Å². The lowest BCUT2D eigenvalue weighted by Crippen LogP contribution is -2.13. The van der Waals surface area contributed by atoms with Gasteiger partial charge in [-0.15, -0.1) is 0 Å². The zero-order valence-electron chi connectivity index (χ0n) is 10.5. The fourth-order valence-corrected chi connectivity index (χ4v) is 2.09. The van der Waals surface area contributed by atoms with Gasteiger partial charge in [-0.25, -0.2) is 4.79 Å². The van der Waals surface area contributed by atoms with Crippen LogP contribution in [0.5, 0.6) is 0 Å². The Morgan fingerprint density at radius 2 is 2.00 bits per heavy atom. The Balaban J connectivity index is 2.35. The zero-order chi connectivity index (χ0) is 12.6. The van der Waals surface area contributed by atoms with E-state index >= 15 is 0 Å². The number of methoxy groups -OCH3 is 1. The molecule has 0 spiro atoms. The summed E-state index contributed by atoms with van der Waals surface area (Å²) in [7, 11) is 1.38. The summed E-state index contributed by atoms with van der Waals surface area (Å²) >= 11 is 0. The van der Waals surface area contributed by atoms with E-state index in [0.717, 1.165) is 29.5 Å². The van der Waals surface area contributed by atoms with Crippen LogP contribution in [-0.2, 0) is 11.2 Å². The van der Waals surface area contributed by atoms with Gasteiger partial charge in [0.15, 0.2) is 0 Å². The molecular weight excluding hydrogens is 216 g/mol. The third kappa shape index (κ3) is 2.50. The van der Waals surface area contributed by atoms with Crippen molar-refractivity contribution in [2.45, 2.75) is 38.7 Å². The third-order valence-corrected chi connectivity index (χ3v) is 3.43. The van der Waals surface area contributed by atoms with Gasteiger partial charge in [0.25, 0.3) is 0 Å². The van der Waals surface area contributed by atoms with Gasteiger partial charge in [-0.3, -0.25) is 0 Å². The van der Waals surface area contributed by atoms with Gasteiger partial charge < -0.3 is 9.84 Å². The number of rotatable bonds is 3. The van der Waals surface area contributed by atoms with Crippen molar-refractivity contribution < 1.29 is 14.6 Å². The Bertz CT molecular complexity index is 459. The van der Waals surface area contributed by atoms with Crippen molar-refractivity contribution in [3.8, 4) is 0 Å². The highest BCUT2D eigenvalue weighted by Crippen LogP contribution is 2.39. The summed E-state index contributed by atoms with van der Waals surface area (Å²) < 4.78 is 4.76. The van der Waals surface area contributed by atoms with Gasteiger partial charge in [0.2, 0.25) is 0 Å². The number of benzene rings is 1. The Kier molecular flexibility index (Phi) is 2.96. The van der Waals surface area contributed by atoms with Crippen molar-refractivity contribution in [2.75, 3.05) is 7.11 Å². The van der Waals surface area contributed by atoms with Crippen LogP contribution in [0.3, 0.4) is 0 Å². The molecule has 1 aliphatic carbocycles. The Morgan fingerprint density at radius 1 is 1.35 bits per heavy atom. The van der Waals surface area contributed by atoms with Crippen LogP contribution in [-0.4, -0.2) is 23.8 Å². The van der Waals surface area contributed by atoms with E-state index in [1.807, 2.05) is 26.0 Å². The van der Waals surface area contributed by atoms with Crippen LogP contribution in [0.25, 0.3) is 0 Å². The Labute approximate surface area is 101 Å². The number of esters is 1. The van der Waals surface area contributed by atoms with Gasteiger partial charge in [0, 0.05) is 6.42 Å². The molecule has 1 N–H and O–H groups in total. The van der Waals surface area contributed by atoms with Crippen LogP contribution >= 0.6 is 0 Å². The molecule has 0 bridgehead atoms. The van der Waals surface area contributed by atoms with Crippen molar-refractivity contribution >= 4 is 5.97 Å². The van der Waals surface area contributed by atoms with Gasteiger partial charge in [-0.1, -0.05) is 6.07 Å². The fraction of sp³-hybridized carbons (Fsp3) is 0.500. The van der Waals surface area contributed by atoms with Gasteiger partial charge in [0.05, 0.1) is 18.3 Å². The molecule has 1 saturated carbocycles. The number of carbonyl (C=O) groups is 1. The number of aryl methyl sites for hydroxylation is 2. The van der Waals surface area contributed by atoms with Crippen molar-refractivity contribution in [3.05, 3.63) is 34.4 Å². The fourth-order valence-electron chi connectivity index (χ4n) is 2.09. The first-order chi connectivity index (χ1) is 7.95. The standard InChI is InChI=1S/C14H18O3/c1-9-6-10(2)12(13(15)17-3)7-11(9)8-14(16)4-5-14/h6-7,16H,4-5,8H2,1-3H3. The molecular formula is C14H18O3. The molecule has 0 atom stereocenters. The highest BCUT2D eigenvalue weighted by Gasteiger charge is 2.40. The largest absolute Gasteiger partial charge is 0.465 e. The highest BCUT2D eigenvalue weighted by atomic mass is 16.5. The molecule has 1 aromatic rings. The molecule has 0 aromatic heterocycles. The normalized spacial score (nSPS) is 16.7. The van der Waals surface area contributed by atoms with Gasteiger partial charge in [-0.05, 0) is 49.4 Å². The minimum Gasteiger partial charge on any atom is -0.465 e. The average molecular weight is 234 g/mol. The summed E-state index contributed by atoms with van der Waals surface area (Å²) in [4.78, 5) is 11.6. The summed E-state index contributed by atoms with van der Waals surface area (Å²) in [5, 5.41) is 9.95. The van der Waals surface area contributed by atoms with E-state index in [4.69, 9.17) is 4.74 Å². The molecule has 1 aliphatic rings. The molecule has 1 aromatic carbocycles. The highest BCUT2D eigenvalue weighted by molar-refractivity contribution is 5.91. The first kappa shape index (κ1) is 12.1. The molecule has 1 fully saturated rings. The maximum Gasteiger partial charge on any atom is 0.338 e. The van der Waals surface area contributed by atoms with E-state index in [1.165, 1.54) is 7.11 Å². The van der Waals surface area contributed by atoms with Crippen molar-refractivity contribution in [2.24, 2.45) is 0 Å². The lowest BCUT2D eigenvalue weighted by Gasteiger charge is -2.13. The zero-order valence-corrected chi connectivity index (χ0v) is 10.5. The second-order valence-corrected chi connectivity index (χ2v) is 4.99. The lowest BCUT2D eigenvalue weighted by atomic mass is 9.95. The van der Waals surface area contributed by atoms with Crippen LogP contribution in [0.2, 0.25) is 0 Å². The molecule has 0 saturated heterocycles. The van der Waals surface area contributed by atoms with Crippen molar-refractivity contribution in [1.29, 1.82) is 0 Å². The topological polar surface area (TPSA) is 46.5 Å². The second kappa shape index (κ2) is 4.15. The molecule has 17 heavy (non-hydrogen) atoms. The predicted molar refractivity (Wildman–Crippen MR) is 65.1 cm³/mol. The molecule has 3 heteroatoms. The molecule has 0 heterocycles. The monoisotopic (exact) mass is 234 g/mol. The number of aliphatic hydroxyl groups is 1. The minimum atomic E-state index is -0.534. The predicted octanol–water partition coefficient (Wildman–Crippen LogP) is 2.16. The first-order valence-electron chi connectivity index (χ1n) is 5.86. The molecule has 2 rings (SSSR count). The molecule has 0 unspecified atom stereocenters. The maximum atomic E-state index is 11.6. The second-order valence-electron chi connectivity index (χ2n) is 4.99. The Morgan fingerprint density at radius 3 is 2.53 bits per heavy atom. The van der Waals surface area contributed by atoms with Crippen molar-refractivity contribution in [1.82, 2.24) is 0 Å². The SMILES string of the molecule is COC(=O)c1cc(CC2(O)CC2)c(C)cc1C. The van der Waals surface area contributed by atoms with E-state index in [2.05, 4.69) is 0 Å².